The number of benzene rings is 1. The molecule has 1 fully saturated rings. The van der Waals surface area contributed by atoms with Crippen LogP contribution in [0.3, 0.4) is 0 Å². The minimum Gasteiger partial charge on any atom is -0.361 e. The number of fused-ring (bicyclic) bond motifs is 1. The van der Waals surface area contributed by atoms with E-state index in [9.17, 15) is 9.59 Å². The van der Waals surface area contributed by atoms with Gasteiger partial charge >= 0.3 is 0 Å². The van der Waals surface area contributed by atoms with E-state index in [2.05, 4.69) is 34.3 Å². The second-order valence-electron chi connectivity index (χ2n) is 6.09. The van der Waals surface area contributed by atoms with Crippen LogP contribution in [0, 0.1) is 0 Å². The fourth-order valence-electron chi connectivity index (χ4n) is 3.36. The molecule has 2 heterocycles. The predicted molar refractivity (Wildman–Crippen MR) is 88.4 cm³/mol. The van der Waals surface area contributed by atoms with Gasteiger partial charge in [0.15, 0.2) is 0 Å². The Morgan fingerprint density at radius 1 is 1.43 bits per heavy atom. The van der Waals surface area contributed by atoms with Crippen LogP contribution >= 0.6 is 0 Å². The summed E-state index contributed by atoms with van der Waals surface area (Å²) in [6.07, 6.45) is 4.64. The molecular weight excluding hydrogens is 292 g/mol. The van der Waals surface area contributed by atoms with Crippen LogP contribution in [-0.2, 0) is 9.59 Å². The van der Waals surface area contributed by atoms with Gasteiger partial charge in [-0.05, 0) is 43.5 Å². The summed E-state index contributed by atoms with van der Waals surface area (Å²) in [5.41, 5.74) is 2.57. The number of hydrazine groups is 1. The molecule has 0 spiro atoms. The van der Waals surface area contributed by atoms with Crippen LogP contribution in [0.5, 0.6) is 0 Å². The third-order valence-electron chi connectivity index (χ3n) is 4.60. The zero-order valence-corrected chi connectivity index (χ0v) is 13.1. The van der Waals surface area contributed by atoms with Gasteiger partial charge in [0.05, 0.1) is 0 Å². The number of rotatable bonds is 6. The summed E-state index contributed by atoms with van der Waals surface area (Å²) in [5, 5.41) is 1.93. The molecule has 6 heteroatoms. The van der Waals surface area contributed by atoms with Gasteiger partial charge in [-0.2, -0.15) is 0 Å². The number of para-hydroxylation sites is 1. The smallest absolute Gasteiger partial charge is 0.243 e. The fourth-order valence-corrected chi connectivity index (χ4v) is 3.36. The second kappa shape index (κ2) is 6.93. The average Bonchev–Trinajstić information content (AvgIpc) is 3.20. The molecule has 1 aliphatic heterocycles. The first-order valence-corrected chi connectivity index (χ1v) is 7.99. The minimum absolute atomic E-state index is 0.309. The second-order valence-corrected chi connectivity index (χ2v) is 6.09. The van der Waals surface area contributed by atoms with Crippen molar-refractivity contribution in [3.05, 3.63) is 36.0 Å². The number of carbonyl (C=O) groups excluding carboxylic acids is 2. The fraction of sp³-hybridized carbons (Fsp3) is 0.412. The van der Waals surface area contributed by atoms with Crippen molar-refractivity contribution in [2.75, 3.05) is 19.6 Å². The van der Waals surface area contributed by atoms with Crippen LogP contribution in [0.4, 0.5) is 0 Å². The van der Waals surface area contributed by atoms with Gasteiger partial charge in [0.1, 0.15) is 0 Å². The summed E-state index contributed by atoms with van der Waals surface area (Å²) < 4.78 is 0. The molecule has 3 rings (SSSR count). The highest BCUT2D eigenvalue weighted by molar-refractivity contribution is 5.85. The van der Waals surface area contributed by atoms with Crippen LogP contribution in [0.1, 0.15) is 30.7 Å². The van der Waals surface area contributed by atoms with Gasteiger partial charge < -0.3 is 9.88 Å². The largest absolute Gasteiger partial charge is 0.361 e. The maximum Gasteiger partial charge on any atom is 0.243 e. The van der Waals surface area contributed by atoms with Gasteiger partial charge in [0.25, 0.3) is 0 Å². The Balaban J connectivity index is 1.53. The molecule has 1 saturated heterocycles. The van der Waals surface area contributed by atoms with E-state index < -0.39 is 0 Å². The Bertz CT molecular complexity index is 697. The topological polar surface area (TPSA) is 82.4 Å². The maximum atomic E-state index is 11.5. The third-order valence-corrected chi connectivity index (χ3v) is 4.60. The highest BCUT2D eigenvalue weighted by Crippen LogP contribution is 2.32. The third kappa shape index (κ3) is 3.43. The summed E-state index contributed by atoms with van der Waals surface area (Å²) >= 11 is 0. The van der Waals surface area contributed by atoms with E-state index in [0.29, 0.717) is 23.8 Å². The molecule has 1 atom stereocenters. The number of aromatic nitrogens is 1. The number of H-pyrrole nitrogens is 1. The number of nitrogens with two attached hydrogens (primary N) is 1. The van der Waals surface area contributed by atoms with E-state index in [0.717, 1.165) is 32.5 Å². The van der Waals surface area contributed by atoms with Gasteiger partial charge in [0.2, 0.25) is 12.3 Å². The molecule has 1 aromatic carbocycles. The van der Waals surface area contributed by atoms with Gasteiger partial charge in [0, 0.05) is 30.1 Å². The molecule has 2 amide bonds. The lowest BCUT2D eigenvalue weighted by Gasteiger charge is -2.16. The Kier molecular flexibility index (Phi) is 4.73. The molecule has 1 aromatic heterocycles. The first-order valence-electron chi connectivity index (χ1n) is 7.99. The molecule has 3 N–H and O–H groups in total. The lowest BCUT2D eigenvalue weighted by atomic mass is 9.98. The van der Waals surface area contributed by atoms with Gasteiger partial charge in [-0.15, -0.1) is 0 Å². The van der Waals surface area contributed by atoms with Crippen LogP contribution in [-0.4, -0.2) is 46.8 Å². The SMILES string of the molecule is NN(C=O)C(=O)CCCN1CCC(c2c[nH]c3ccccc23)C1. The molecule has 2 aromatic rings. The van der Waals surface area contributed by atoms with E-state index >= 15 is 0 Å². The van der Waals surface area contributed by atoms with Crippen molar-refractivity contribution in [3.63, 3.8) is 0 Å². The highest BCUT2D eigenvalue weighted by atomic mass is 16.2. The van der Waals surface area contributed by atoms with Crippen molar-refractivity contribution < 1.29 is 9.59 Å². The molecule has 1 aliphatic rings. The van der Waals surface area contributed by atoms with Crippen molar-refractivity contribution in [1.82, 2.24) is 14.9 Å². The van der Waals surface area contributed by atoms with E-state index in [4.69, 9.17) is 5.84 Å². The van der Waals surface area contributed by atoms with Crippen molar-refractivity contribution in [2.45, 2.75) is 25.2 Å². The van der Waals surface area contributed by atoms with E-state index in [1.165, 1.54) is 16.5 Å². The van der Waals surface area contributed by atoms with Gasteiger partial charge in [-0.25, -0.2) is 10.9 Å². The van der Waals surface area contributed by atoms with Crippen LogP contribution in [0.15, 0.2) is 30.5 Å². The molecule has 0 saturated carbocycles. The number of aromatic amines is 1. The summed E-state index contributed by atoms with van der Waals surface area (Å²) in [4.78, 5) is 27.6. The van der Waals surface area contributed by atoms with Crippen molar-refractivity contribution in [3.8, 4) is 0 Å². The van der Waals surface area contributed by atoms with Crippen molar-refractivity contribution >= 4 is 23.2 Å². The average molecular weight is 314 g/mol. The lowest BCUT2D eigenvalue weighted by molar-refractivity contribution is -0.138. The summed E-state index contributed by atoms with van der Waals surface area (Å²) in [6.45, 7) is 2.91. The van der Waals surface area contributed by atoms with Crippen molar-refractivity contribution in [2.24, 2.45) is 5.84 Å². The van der Waals surface area contributed by atoms with Gasteiger partial charge in [-0.1, -0.05) is 18.2 Å². The Morgan fingerprint density at radius 3 is 3.09 bits per heavy atom. The monoisotopic (exact) mass is 314 g/mol. The summed E-state index contributed by atoms with van der Waals surface area (Å²) in [6, 6.07) is 8.38. The lowest BCUT2D eigenvalue weighted by Crippen LogP contribution is -2.36. The Labute approximate surface area is 135 Å². The molecule has 0 aliphatic carbocycles. The molecular formula is C17H22N4O2. The first-order chi connectivity index (χ1) is 11.2. The molecule has 0 radical (unpaired) electrons. The van der Waals surface area contributed by atoms with Gasteiger partial charge in [-0.3, -0.25) is 9.59 Å². The van der Waals surface area contributed by atoms with E-state index in [1.54, 1.807) is 0 Å². The molecule has 0 bridgehead atoms. The Morgan fingerprint density at radius 2 is 2.26 bits per heavy atom. The number of hydrogen-bond acceptors (Lipinski definition) is 4. The van der Waals surface area contributed by atoms with Crippen LogP contribution in [0.2, 0.25) is 0 Å². The number of nitrogens with one attached hydrogen (secondary N) is 1. The number of imide groups is 1. The summed E-state index contributed by atoms with van der Waals surface area (Å²) in [7, 11) is 0. The standard InChI is InChI=1S/C17H22N4O2/c18-21(12-22)17(23)6-3-8-20-9-7-13(11-20)15-10-19-16-5-2-1-4-14(15)16/h1-2,4-5,10,12-13,19H,3,6-9,11,18H2. The quantitative estimate of drug-likeness (QED) is 0.367. The minimum atomic E-state index is -0.327. The summed E-state index contributed by atoms with van der Waals surface area (Å²) in [5.74, 6) is 5.45. The molecule has 23 heavy (non-hydrogen) atoms. The van der Waals surface area contributed by atoms with Crippen LogP contribution in [0.25, 0.3) is 10.9 Å². The number of likely N-dealkylation sites (tertiary alicyclic amines) is 1. The maximum absolute atomic E-state index is 11.5. The van der Waals surface area contributed by atoms with Crippen LogP contribution < -0.4 is 5.84 Å². The zero-order chi connectivity index (χ0) is 16.2. The Hall–Kier alpha value is -2.18. The number of hydrogen-bond donors (Lipinski definition) is 2. The first kappa shape index (κ1) is 15.7. The number of amides is 2. The predicted octanol–water partition coefficient (Wildman–Crippen LogP) is 1.60. The highest BCUT2D eigenvalue weighted by Gasteiger charge is 2.25. The van der Waals surface area contributed by atoms with E-state index in [1.807, 2.05) is 6.07 Å². The normalized spacial score (nSPS) is 18.4. The molecule has 6 nitrogen and oxygen atoms in total. The van der Waals surface area contributed by atoms with Crippen molar-refractivity contribution in [1.29, 1.82) is 0 Å². The molecule has 122 valence electrons. The zero-order valence-electron chi connectivity index (χ0n) is 13.1. The number of carbonyl (C=O) groups is 2. The van der Waals surface area contributed by atoms with E-state index in [-0.39, 0.29) is 5.91 Å². The molecule has 1 unspecified atom stereocenters. The number of nitrogens with zero attached hydrogens (tertiary/aromatic N) is 2.